The van der Waals surface area contributed by atoms with Crippen molar-refractivity contribution in [1.29, 1.82) is 0 Å². The molecule has 1 aromatic carbocycles. The highest BCUT2D eigenvalue weighted by atomic mass is 79.9. The van der Waals surface area contributed by atoms with Crippen LogP contribution in [0.4, 0.5) is 5.69 Å². The van der Waals surface area contributed by atoms with Crippen molar-refractivity contribution in [3.8, 4) is 0 Å². The fourth-order valence-electron chi connectivity index (χ4n) is 1.38. The topological polar surface area (TPSA) is 26.0 Å². The molecule has 2 aromatic rings. The molecule has 0 bridgehead atoms. The number of thiophene rings is 1. The molecule has 0 aliphatic carbocycles. The molecule has 2 N–H and O–H groups in total. The van der Waals surface area contributed by atoms with E-state index in [1.807, 2.05) is 0 Å². The number of fused-ring (bicyclic) bond motifs is 1. The monoisotopic (exact) mass is 255 g/mol. The minimum absolute atomic E-state index is 0.823. The lowest BCUT2D eigenvalue weighted by Crippen LogP contribution is -1.90. The molecule has 0 amide bonds. The predicted octanol–water partition coefficient (Wildman–Crippen LogP) is 3.69. The molecule has 1 nitrogen and oxygen atoms in total. The Morgan fingerprint density at radius 1 is 1.46 bits per heavy atom. The van der Waals surface area contributed by atoms with Gasteiger partial charge in [-0.2, -0.15) is 0 Å². The van der Waals surface area contributed by atoms with Gasteiger partial charge in [-0.15, -0.1) is 11.3 Å². The zero-order valence-electron chi connectivity index (χ0n) is 7.30. The first-order valence-electron chi connectivity index (χ1n) is 4.04. The Hall–Kier alpha value is -0.540. The molecule has 0 saturated carbocycles. The Morgan fingerprint density at radius 3 is 2.92 bits per heavy atom. The fourth-order valence-corrected chi connectivity index (χ4v) is 2.84. The molecule has 1 aromatic heterocycles. The number of halogens is 1. The molecular weight excluding hydrogens is 246 g/mol. The Kier molecular flexibility index (Phi) is 2.30. The number of hydrogen-bond acceptors (Lipinski definition) is 2. The number of nitrogen functional groups attached to an aromatic ring is 1. The zero-order valence-corrected chi connectivity index (χ0v) is 9.71. The molecule has 0 saturated heterocycles. The number of benzene rings is 1. The highest BCUT2D eigenvalue weighted by molar-refractivity contribution is 9.08. The molecule has 68 valence electrons. The van der Waals surface area contributed by atoms with Gasteiger partial charge >= 0.3 is 0 Å². The number of alkyl halides is 1. The highest BCUT2D eigenvalue weighted by Crippen LogP contribution is 2.30. The van der Waals surface area contributed by atoms with Crippen molar-refractivity contribution in [3.05, 3.63) is 28.6 Å². The van der Waals surface area contributed by atoms with E-state index in [1.54, 1.807) is 11.3 Å². The van der Waals surface area contributed by atoms with Crippen LogP contribution < -0.4 is 5.73 Å². The maximum atomic E-state index is 5.88. The van der Waals surface area contributed by atoms with Crippen molar-refractivity contribution in [1.82, 2.24) is 0 Å². The maximum absolute atomic E-state index is 5.88. The van der Waals surface area contributed by atoms with Crippen LogP contribution in [0.25, 0.3) is 10.1 Å². The van der Waals surface area contributed by atoms with Gasteiger partial charge in [-0.25, -0.2) is 0 Å². The maximum Gasteiger partial charge on any atom is 0.0369 e. The first kappa shape index (κ1) is 9.03. The molecular formula is C10H10BrNS. The van der Waals surface area contributed by atoms with Crippen LogP contribution in [0.5, 0.6) is 0 Å². The molecule has 0 unspecified atom stereocenters. The third kappa shape index (κ3) is 1.46. The first-order chi connectivity index (χ1) is 6.22. The lowest BCUT2D eigenvalue weighted by Gasteiger charge is -2.02. The Bertz CT molecular complexity index is 447. The third-order valence-electron chi connectivity index (χ3n) is 2.17. The first-order valence-corrected chi connectivity index (χ1v) is 6.04. The van der Waals surface area contributed by atoms with Crippen LogP contribution in [0.2, 0.25) is 0 Å². The summed E-state index contributed by atoms with van der Waals surface area (Å²) in [5.41, 5.74) is 9.27. The average Bonchev–Trinajstić information content (AvgIpc) is 2.46. The van der Waals surface area contributed by atoms with Gasteiger partial charge in [-0.3, -0.25) is 0 Å². The van der Waals surface area contributed by atoms with Gasteiger partial charge in [0.1, 0.15) is 0 Å². The van der Waals surface area contributed by atoms with Gasteiger partial charge in [0.25, 0.3) is 0 Å². The number of anilines is 1. The summed E-state index contributed by atoms with van der Waals surface area (Å²) in [6, 6.07) is 4.23. The summed E-state index contributed by atoms with van der Waals surface area (Å²) in [5, 5.41) is 4.32. The van der Waals surface area contributed by atoms with Crippen molar-refractivity contribution in [2.24, 2.45) is 0 Å². The van der Waals surface area contributed by atoms with E-state index in [-0.39, 0.29) is 0 Å². The van der Waals surface area contributed by atoms with Gasteiger partial charge in [-0.05, 0) is 40.9 Å². The van der Waals surface area contributed by atoms with Crippen molar-refractivity contribution in [3.63, 3.8) is 0 Å². The standard InChI is InChI=1S/C10H10BrNS/c1-6-5-13-10-3-9(12)7(4-11)2-8(6)10/h2-3,5H,4,12H2,1H3. The van der Waals surface area contributed by atoms with Crippen molar-refractivity contribution in [2.45, 2.75) is 12.3 Å². The van der Waals surface area contributed by atoms with Gasteiger partial charge in [0.05, 0.1) is 0 Å². The molecule has 0 aliphatic heterocycles. The van der Waals surface area contributed by atoms with E-state index in [0.29, 0.717) is 0 Å². The smallest absolute Gasteiger partial charge is 0.0369 e. The quantitative estimate of drug-likeness (QED) is 0.611. The summed E-state index contributed by atoms with van der Waals surface area (Å²) in [7, 11) is 0. The summed E-state index contributed by atoms with van der Waals surface area (Å²) in [5.74, 6) is 0. The highest BCUT2D eigenvalue weighted by Gasteiger charge is 2.04. The number of rotatable bonds is 1. The van der Waals surface area contributed by atoms with Crippen LogP contribution in [0.15, 0.2) is 17.5 Å². The van der Waals surface area contributed by atoms with Crippen LogP contribution in [0.1, 0.15) is 11.1 Å². The molecule has 0 aliphatic rings. The molecule has 2 rings (SSSR count). The zero-order chi connectivity index (χ0) is 9.42. The largest absolute Gasteiger partial charge is 0.398 e. The van der Waals surface area contributed by atoms with E-state index in [1.165, 1.54) is 21.2 Å². The van der Waals surface area contributed by atoms with Crippen LogP contribution >= 0.6 is 27.3 Å². The summed E-state index contributed by atoms with van der Waals surface area (Å²) in [6.07, 6.45) is 0. The second kappa shape index (κ2) is 3.31. The third-order valence-corrected chi connectivity index (χ3v) is 3.84. The van der Waals surface area contributed by atoms with E-state index in [0.717, 1.165) is 11.0 Å². The predicted molar refractivity (Wildman–Crippen MR) is 63.6 cm³/mol. The number of hydrogen-bond donors (Lipinski definition) is 1. The Morgan fingerprint density at radius 2 is 2.23 bits per heavy atom. The molecule has 0 radical (unpaired) electrons. The Balaban J connectivity index is 2.77. The van der Waals surface area contributed by atoms with E-state index in [9.17, 15) is 0 Å². The van der Waals surface area contributed by atoms with Gasteiger partial charge in [-0.1, -0.05) is 15.9 Å². The molecule has 1 heterocycles. The summed E-state index contributed by atoms with van der Waals surface area (Å²) >= 11 is 5.18. The van der Waals surface area contributed by atoms with E-state index < -0.39 is 0 Å². The van der Waals surface area contributed by atoms with Crippen molar-refractivity contribution >= 4 is 43.0 Å². The van der Waals surface area contributed by atoms with Crippen LogP contribution in [0, 0.1) is 6.92 Å². The van der Waals surface area contributed by atoms with Crippen LogP contribution in [-0.4, -0.2) is 0 Å². The van der Waals surface area contributed by atoms with Gasteiger partial charge < -0.3 is 5.73 Å². The second-order valence-corrected chi connectivity index (χ2v) is 4.57. The molecule has 0 atom stereocenters. The Labute approximate surface area is 89.7 Å². The summed E-state index contributed by atoms with van der Waals surface area (Å²) in [4.78, 5) is 0. The summed E-state index contributed by atoms with van der Waals surface area (Å²) in [6.45, 7) is 2.13. The molecule has 3 heteroatoms. The number of nitrogens with two attached hydrogens (primary N) is 1. The number of aryl methyl sites for hydroxylation is 1. The van der Waals surface area contributed by atoms with Crippen LogP contribution in [0.3, 0.4) is 0 Å². The lowest BCUT2D eigenvalue weighted by atomic mass is 10.1. The van der Waals surface area contributed by atoms with E-state index >= 15 is 0 Å². The van der Waals surface area contributed by atoms with Crippen molar-refractivity contribution < 1.29 is 0 Å². The van der Waals surface area contributed by atoms with Gasteiger partial charge in [0.2, 0.25) is 0 Å². The fraction of sp³-hybridized carbons (Fsp3) is 0.200. The minimum Gasteiger partial charge on any atom is -0.398 e. The second-order valence-electron chi connectivity index (χ2n) is 3.10. The van der Waals surface area contributed by atoms with E-state index in [4.69, 9.17) is 5.73 Å². The molecule has 0 spiro atoms. The SMILES string of the molecule is Cc1csc2cc(N)c(CBr)cc12. The average molecular weight is 256 g/mol. The van der Waals surface area contributed by atoms with E-state index in [2.05, 4.69) is 40.4 Å². The van der Waals surface area contributed by atoms with Crippen LogP contribution in [-0.2, 0) is 5.33 Å². The van der Waals surface area contributed by atoms with Crippen molar-refractivity contribution in [2.75, 3.05) is 5.73 Å². The lowest BCUT2D eigenvalue weighted by molar-refractivity contribution is 1.46. The van der Waals surface area contributed by atoms with Gasteiger partial charge in [0.15, 0.2) is 0 Å². The normalized spacial score (nSPS) is 10.9. The molecule has 13 heavy (non-hydrogen) atoms. The molecule has 0 fully saturated rings. The minimum atomic E-state index is 0.823. The summed E-state index contributed by atoms with van der Waals surface area (Å²) < 4.78 is 1.28. The van der Waals surface area contributed by atoms with Gasteiger partial charge in [0, 0.05) is 15.7 Å².